The van der Waals surface area contributed by atoms with Gasteiger partial charge in [0.25, 0.3) is 0 Å². The first-order valence-electron chi connectivity index (χ1n) is 11.9. The second-order valence-electron chi connectivity index (χ2n) is 9.49. The summed E-state index contributed by atoms with van der Waals surface area (Å²) >= 11 is 0. The molecule has 1 unspecified atom stereocenters. The number of ether oxygens (including phenoxy) is 1. The van der Waals surface area contributed by atoms with Crippen molar-refractivity contribution in [3.63, 3.8) is 0 Å². The fourth-order valence-corrected chi connectivity index (χ4v) is 5.44. The Morgan fingerprint density at radius 3 is 2.82 bits per heavy atom. The van der Waals surface area contributed by atoms with Crippen molar-refractivity contribution in [3.8, 4) is 11.4 Å². The highest BCUT2D eigenvalue weighted by atomic mass is 16.5. The van der Waals surface area contributed by atoms with Gasteiger partial charge in [0, 0.05) is 43.9 Å². The second kappa shape index (κ2) is 8.69. The third kappa shape index (κ3) is 4.28. The van der Waals surface area contributed by atoms with Crippen LogP contribution in [0.1, 0.15) is 30.5 Å². The van der Waals surface area contributed by atoms with E-state index in [0.717, 1.165) is 74.7 Å². The number of pyridine rings is 3. The van der Waals surface area contributed by atoms with Crippen LogP contribution in [-0.2, 0) is 17.7 Å². The van der Waals surface area contributed by atoms with Gasteiger partial charge < -0.3 is 4.74 Å². The van der Waals surface area contributed by atoms with Gasteiger partial charge in [-0.15, -0.1) is 0 Å². The molecule has 0 saturated carbocycles. The fourth-order valence-electron chi connectivity index (χ4n) is 5.44. The molecular weight excluding hydrogens is 410 g/mol. The highest BCUT2D eigenvalue weighted by Crippen LogP contribution is 2.40. The summed E-state index contributed by atoms with van der Waals surface area (Å²) < 4.78 is 8.54. The molecular formula is C27H29N5O. The number of aromatic nitrogens is 4. The Kier molecular flexibility index (Phi) is 5.40. The SMILES string of the molecule is c1cncc(CN2CCC3(CC2)CC(Cc2cccc(-c4cnc5ccccn45)n2)CO3)c1. The number of fused-ring (bicyclic) bond motifs is 1. The van der Waals surface area contributed by atoms with E-state index in [1.807, 2.05) is 49.1 Å². The van der Waals surface area contributed by atoms with E-state index >= 15 is 0 Å². The maximum atomic E-state index is 6.44. The van der Waals surface area contributed by atoms with Crippen LogP contribution < -0.4 is 0 Å². The minimum absolute atomic E-state index is 0.0510. The molecule has 0 aliphatic carbocycles. The molecule has 6 heterocycles. The zero-order valence-corrected chi connectivity index (χ0v) is 18.8. The predicted molar refractivity (Wildman–Crippen MR) is 128 cm³/mol. The Labute approximate surface area is 194 Å². The summed E-state index contributed by atoms with van der Waals surface area (Å²) in [7, 11) is 0. The van der Waals surface area contributed by atoms with E-state index in [1.165, 1.54) is 5.56 Å². The molecule has 33 heavy (non-hydrogen) atoms. The molecule has 168 valence electrons. The summed E-state index contributed by atoms with van der Waals surface area (Å²) in [6, 6.07) is 16.6. The van der Waals surface area contributed by atoms with Crippen molar-refractivity contribution in [1.82, 2.24) is 24.3 Å². The lowest BCUT2D eigenvalue weighted by Crippen LogP contribution is -2.43. The van der Waals surface area contributed by atoms with E-state index in [9.17, 15) is 0 Å². The minimum atomic E-state index is 0.0510. The highest BCUT2D eigenvalue weighted by Gasteiger charge is 2.42. The molecule has 6 nitrogen and oxygen atoms in total. The molecule has 0 bridgehead atoms. The maximum Gasteiger partial charge on any atom is 0.137 e. The van der Waals surface area contributed by atoms with Crippen LogP contribution in [0, 0.1) is 5.92 Å². The van der Waals surface area contributed by atoms with Crippen molar-refractivity contribution < 1.29 is 4.74 Å². The van der Waals surface area contributed by atoms with Crippen molar-refractivity contribution in [3.05, 3.63) is 84.6 Å². The average Bonchev–Trinajstić information content (AvgIpc) is 3.46. The van der Waals surface area contributed by atoms with E-state index in [-0.39, 0.29) is 5.60 Å². The monoisotopic (exact) mass is 439 g/mol. The molecule has 2 aliphatic heterocycles. The molecule has 0 radical (unpaired) electrons. The van der Waals surface area contributed by atoms with Gasteiger partial charge in [0.1, 0.15) is 5.65 Å². The van der Waals surface area contributed by atoms with Gasteiger partial charge in [-0.25, -0.2) is 4.98 Å². The van der Waals surface area contributed by atoms with E-state index in [0.29, 0.717) is 5.92 Å². The van der Waals surface area contributed by atoms with Crippen LogP contribution in [0.15, 0.2) is 73.3 Å². The van der Waals surface area contributed by atoms with Crippen LogP contribution in [0.3, 0.4) is 0 Å². The van der Waals surface area contributed by atoms with Gasteiger partial charge in [-0.2, -0.15) is 0 Å². The summed E-state index contributed by atoms with van der Waals surface area (Å²) in [6.45, 7) is 3.99. The molecule has 0 N–H and O–H groups in total. The standard InChI is InChI=1S/C27H29N5O/c1-2-12-32-25(18-29-26(32)8-1)24-7-3-6-23(30-24)15-22-16-27(33-20-22)9-13-31(14-10-27)19-21-5-4-11-28-17-21/h1-8,11-12,17-18,22H,9-10,13-16,19-20H2. The second-order valence-corrected chi connectivity index (χ2v) is 9.49. The molecule has 2 aliphatic rings. The van der Waals surface area contributed by atoms with Crippen molar-refractivity contribution in [2.24, 2.45) is 5.92 Å². The minimum Gasteiger partial charge on any atom is -0.375 e. The molecule has 0 amide bonds. The topological polar surface area (TPSA) is 55.6 Å². The normalized spacial score (nSPS) is 20.5. The summed E-state index contributed by atoms with van der Waals surface area (Å²) in [5.41, 5.74) is 5.43. The molecule has 4 aromatic rings. The van der Waals surface area contributed by atoms with Gasteiger partial charge in [-0.05, 0) is 67.5 Å². The van der Waals surface area contributed by atoms with E-state index < -0.39 is 0 Å². The number of hydrogen-bond acceptors (Lipinski definition) is 5. The smallest absolute Gasteiger partial charge is 0.137 e. The number of nitrogens with zero attached hydrogens (tertiary/aromatic N) is 5. The van der Waals surface area contributed by atoms with Gasteiger partial charge in [-0.1, -0.05) is 18.2 Å². The van der Waals surface area contributed by atoms with Gasteiger partial charge in [-0.3, -0.25) is 19.3 Å². The molecule has 6 rings (SSSR count). The summed E-state index contributed by atoms with van der Waals surface area (Å²) in [4.78, 5) is 16.3. The molecule has 6 heteroatoms. The molecule has 4 aromatic heterocycles. The fraction of sp³-hybridized carbons (Fsp3) is 0.370. The quantitative estimate of drug-likeness (QED) is 0.461. The van der Waals surface area contributed by atoms with Crippen molar-refractivity contribution in [2.75, 3.05) is 19.7 Å². The van der Waals surface area contributed by atoms with Crippen LogP contribution >= 0.6 is 0 Å². The van der Waals surface area contributed by atoms with E-state index in [4.69, 9.17) is 9.72 Å². The van der Waals surface area contributed by atoms with Crippen LogP contribution in [0.5, 0.6) is 0 Å². The third-order valence-electron chi connectivity index (χ3n) is 7.17. The number of rotatable bonds is 5. The zero-order valence-electron chi connectivity index (χ0n) is 18.8. The van der Waals surface area contributed by atoms with Crippen LogP contribution in [-0.4, -0.2) is 49.5 Å². The van der Waals surface area contributed by atoms with Crippen LogP contribution in [0.2, 0.25) is 0 Å². The number of imidazole rings is 1. The Morgan fingerprint density at radius 2 is 1.94 bits per heavy atom. The summed E-state index contributed by atoms with van der Waals surface area (Å²) in [6.07, 6.45) is 12.1. The first-order valence-corrected chi connectivity index (χ1v) is 11.9. The van der Waals surface area contributed by atoms with E-state index in [1.54, 1.807) is 0 Å². The highest BCUT2D eigenvalue weighted by molar-refractivity contribution is 5.60. The van der Waals surface area contributed by atoms with Crippen LogP contribution in [0.4, 0.5) is 0 Å². The number of piperidine rings is 1. The predicted octanol–water partition coefficient (Wildman–Crippen LogP) is 4.41. The maximum absolute atomic E-state index is 6.44. The van der Waals surface area contributed by atoms with Gasteiger partial charge in [0.2, 0.25) is 0 Å². The Bertz CT molecular complexity index is 1230. The molecule has 2 saturated heterocycles. The largest absolute Gasteiger partial charge is 0.375 e. The number of likely N-dealkylation sites (tertiary alicyclic amines) is 1. The molecule has 1 spiro atoms. The first-order chi connectivity index (χ1) is 16.3. The number of hydrogen-bond donors (Lipinski definition) is 0. The lowest BCUT2D eigenvalue weighted by Gasteiger charge is -2.38. The summed E-state index contributed by atoms with van der Waals surface area (Å²) in [5.74, 6) is 0.528. The van der Waals surface area contributed by atoms with Gasteiger partial charge in [0.05, 0.1) is 29.8 Å². The third-order valence-corrected chi connectivity index (χ3v) is 7.17. The Morgan fingerprint density at radius 1 is 1.00 bits per heavy atom. The molecule has 2 fully saturated rings. The van der Waals surface area contributed by atoms with Crippen molar-refractivity contribution >= 4 is 5.65 Å². The van der Waals surface area contributed by atoms with Gasteiger partial charge in [0.15, 0.2) is 0 Å². The van der Waals surface area contributed by atoms with Crippen molar-refractivity contribution in [2.45, 2.75) is 37.8 Å². The summed E-state index contributed by atoms with van der Waals surface area (Å²) in [5, 5.41) is 0. The Balaban J connectivity index is 1.09. The Hall–Kier alpha value is -3.09. The lowest BCUT2D eigenvalue weighted by molar-refractivity contribution is -0.0450. The lowest BCUT2D eigenvalue weighted by atomic mass is 9.84. The van der Waals surface area contributed by atoms with Gasteiger partial charge >= 0.3 is 0 Å². The zero-order chi connectivity index (χ0) is 22.1. The average molecular weight is 440 g/mol. The van der Waals surface area contributed by atoms with Crippen LogP contribution in [0.25, 0.3) is 17.0 Å². The van der Waals surface area contributed by atoms with E-state index in [2.05, 4.69) is 43.5 Å². The first kappa shape index (κ1) is 20.5. The van der Waals surface area contributed by atoms with Crippen molar-refractivity contribution in [1.29, 1.82) is 0 Å². The molecule has 0 aromatic carbocycles. The molecule has 1 atom stereocenters.